The molecule has 1 atom stereocenters. The van der Waals surface area contributed by atoms with Crippen molar-refractivity contribution in [1.29, 1.82) is 0 Å². The van der Waals surface area contributed by atoms with E-state index in [9.17, 15) is 0 Å². The van der Waals surface area contributed by atoms with E-state index in [1.807, 2.05) is 18.3 Å². The third kappa shape index (κ3) is 3.09. The molecule has 0 radical (unpaired) electrons. The molecule has 1 aromatic heterocycles. The second-order valence-corrected chi connectivity index (χ2v) is 5.28. The minimum absolute atomic E-state index is 0.301. The van der Waals surface area contributed by atoms with Gasteiger partial charge in [0.2, 0.25) is 0 Å². The van der Waals surface area contributed by atoms with Crippen LogP contribution in [-0.2, 0) is 6.54 Å². The molecule has 0 saturated heterocycles. The third-order valence-corrected chi connectivity index (χ3v) is 3.85. The Morgan fingerprint density at radius 3 is 2.67 bits per heavy atom. The van der Waals surface area contributed by atoms with E-state index < -0.39 is 0 Å². The maximum absolute atomic E-state index is 5.19. The van der Waals surface area contributed by atoms with Crippen molar-refractivity contribution in [3.05, 3.63) is 65.9 Å². The molecule has 0 aliphatic carbocycles. The average molecular weight is 280 g/mol. The van der Waals surface area contributed by atoms with Crippen molar-refractivity contribution in [3.8, 4) is 5.75 Å². The van der Waals surface area contributed by atoms with Gasteiger partial charge in [0, 0.05) is 24.3 Å². The largest absolute Gasteiger partial charge is 0.497 e. The van der Waals surface area contributed by atoms with Crippen LogP contribution >= 0.6 is 0 Å². The zero-order chi connectivity index (χ0) is 14.7. The van der Waals surface area contributed by atoms with Gasteiger partial charge in [0.05, 0.1) is 7.11 Å². The molecular formula is C18H20N2O. The van der Waals surface area contributed by atoms with Crippen LogP contribution in [0, 0.1) is 0 Å². The van der Waals surface area contributed by atoms with E-state index in [0.717, 1.165) is 12.3 Å². The number of aromatic nitrogens is 1. The minimum atomic E-state index is 0.301. The lowest BCUT2D eigenvalue weighted by Crippen LogP contribution is -2.17. The molecule has 3 nitrogen and oxygen atoms in total. The fourth-order valence-corrected chi connectivity index (χ4v) is 2.49. The Balaban J connectivity index is 1.65. The summed E-state index contributed by atoms with van der Waals surface area (Å²) in [6.07, 6.45) is 1.97. The molecule has 1 unspecified atom stereocenters. The Hall–Kier alpha value is -2.26. The first-order chi connectivity index (χ1) is 10.3. The molecule has 0 aliphatic rings. The fourth-order valence-electron chi connectivity index (χ4n) is 2.49. The number of rotatable bonds is 5. The topological polar surface area (TPSA) is 37.0 Å². The smallest absolute Gasteiger partial charge is 0.118 e. The Morgan fingerprint density at radius 2 is 1.90 bits per heavy atom. The van der Waals surface area contributed by atoms with Crippen LogP contribution in [0.4, 0.5) is 0 Å². The molecular weight excluding hydrogens is 260 g/mol. The van der Waals surface area contributed by atoms with Crippen molar-refractivity contribution in [3.63, 3.8) is 0 Å². The lowest BCUT2D eigenvalue weighted by molar-refractivity contribution is 0.414. The lowest BCUT2D eigenvalue weighted by atomic mass is 10.1. The van der Waals surface area contributed by atoms with Crippen LogP contribution in [0.25, 0.3) is 10.9 Å². The standard InChI is InChI=1S/C18H20N2O/c1-13(15-5-7-17(21-2)8-6-15)20-12-14-3-4-16-9-10-19-18(16)11-14/h3-11,13,19-20H,12H2,1-2H3. The SMILES string of the molecule is COc1ccc(C(C)NCc2ccc3cc[nH]c3c2)cc1. The minimum Gasteiger partial charge on any atom is -0.497 e. The van der Waals surface area contributed by atoms with Gasteiger partial charge in [-0.05, 0) is 47.7 Å². The van der Waals surface area contributed by atoms with Gasteiger partial charge in [0.1, 0.15) is 5.75 Å². The molecule has 0 saturated carbocycles. The normalized spacial score (nSPS) is 12.5. The summed E-state index contributed by atoms with van der Waals surface area (Å²) in [7, 11) is 1.69. The monoisotopic (exact) mass is 280 g/mol. The summed E-state index contributed by atoms with van der Waals surface area (Å²) in [5, 5.41) is 4.81. The van der Waals surface area contributed by atoms with E-state index in [0.29, 0.717) is 6.04 Å². The van der Waals surface area contributed by atoms with E-state index in [1.54, 1.807) is 7.11 Å². The summed E-state index contributed by atoms with van der Waals surface area (Å²) in [5.41, 5.74) is 3.73. The lowest BCUT2D eigenvalue weighted by Gasteiger charge is -2.15. The van der Waals surface area contributed by atoms with Gasteiger partial charge in [-0.2, -0.15) is 0 Å². The van der Waals surface area contributed by atoms with Gasteiger partial charge < -0.3 is 15.0 Å². The van der Waals surface area contributed by atoms with E-state index >= 15 is 0 Å². The molecule has 108 valence electrons. The molecule has 2 N–H and O–H groups in total. The first-order valence-corrected chi connectivity index (χ1v) is 7.19. The van der Waals surface area contributed by atoms with Crippen molar-refractivity contribution >= 4 is 10.9 Å². The summed E-state index contributed by atoms with van der Waals surface area (Å²) >= 11 is 0. The Morgan fingerprint density at radius 1 is 1.10 bits per heavy atom. The number of fused-ring (bicyclic) bond motifs is 1. The van der Waals surface area contributed by atoms with Gasteiger partial charge in [0.25, 0.3) is 0 Å². The van der Waals surface area contributed by atoms with Gasteiger partial charge in [-0.1, -0.05) is 24.3 Å². The zero-order valence-corrected chi connectivity index (χ0v) is 12.4. The maximum atomic E-state index is 5.19. The number of ether oxygens (including phenoxy) is 1. The molecule has 0 spiro atoms. The molecule has 0 fully saturated rings. The number of aromatic amines is 1. The Labute approximate surface area is 125 Å². The summed E-state index contributed by atoms with van der Waals surface area (Å²) in [5.74, 6) is 0.892. The van der Waals surface area contributed by atoms with E-state index in [4.69, 9.17) is 4.74 Å². The van der Waals surface area contributed by atoms with Crippen molar-refractivity contribution in [2.75, 3.05) is 7.11 Å². The third-order valence-electron chi connectivity index (χ3n) is 3.85. The van der Waals surface area contributed by atoms with Crippen LogP contribution in [0.1, 0.15) is 24.1 Å². The number of methoxy groups -OCH3 is 1. The molecule has 0 amide bonds. The van der Waals surface area contributed by atoms with Gasteiger partial charge in [-0.15, -0.1) is 0 Å². The zero-order valence-electron chi connectivity index (χ0n) is 12.4. The maximum Gasteiger partial charge on any atom is 0.118 e. The highest BCUT2D eigenvalue weighted by atomic mass is 16.5. The first-order valence-electron chi connectivity index (χ1n) is 7.19. The second-order valence-electron chi connectivity index (χ2n) is 5.28. The summed E-state index contributed by atoms with van der Waals surface area (Å²) < 4.78 is 5.19. The van der Waals surface area contributed by atoms with E-state index in [2.05, 4.69) is 53.6 Å². The molecule has 3 aromatic rings. The molecule has 21 heavy (non-hydrogen) atoms. The van der Waals surface area contributed by atoms with Crippen LogP contribution in [0.15, 0.2) is 54.7 Å². The number of nitrogens with one attached hydrogen (secondary N) is 2. The fraction of sp³-hybridized carbons (Fsp3) is 0.222. The van der Waals surface area contributed by atoms with Crippen LogP contribution in [-0.4, -0.2) is 12.1 Å². The number of benzene rings is 2. The number of hydrogen-bond donors (Lipinski definition) is 2. The van der Waals surface area contributed by atoms with Crippen LogP contribution in [0.5, 0.6) is 5.75 Å². The molecule has 1 heterocycles. The Kier molecular flexibility index (Phi) is 3.93. The molecule has 2 aromatic carbocycles. The van der Waals surface area contributed by atoms with Gasteiger partial charge in [-0.25, -0.2) is 0 Å². The predicted octanol–water partition coefficient (Wildman–Crippen LogP) is 4.03. The van der Waals surface area contributed by atoms with Crippen molar-refractivity contribution in [2.24, 2.45) is 0 Å². The first kappa shape index (κ1) is 13.7. The second kappa shape index (κ2) is 6.02. The van der Waals surface area contributed by atoms with E-state index in [1.165, 1.54) is 22.0 Å². The number of H-pyrrole nitrogens is 1. The number of hydrogen-bond acceptors (Lipinski definition) is 2. The highest BCUT2D eigenvalue weighted by molar-refractivity contribution is 5.79. The van der Waals surface area contributed by atoms with Gasteiger partial charge in [-0.3, -0.25) is 0 Å². The van der Waals surface area contributed by atoms with Gasteiger partial charge in [0.15, 0.2) is 0 Å². The molecule has 0 bridgehead atoms. The highest BCUT2D eigenvalue weighted by Gasteiger charge is 2.05. The van der Waals surface area contributed by atoms with E-state index in [-0.39, 0.29) is 0 Å². The predicted molar refractivity (Wildman–Crippen MR) is 86.5 cm³/mol. The van der Waals surface area contributed by atoms with Gasteiger partial charge >= 0.3 is 0 Å². The molecule has 3 heteroatoms. The Bertz CT molecular complexity index is 715. The van der Waals surface area contributed by atoms with Crippen LogP contribution in [0.2, 0.25) is 0 Å². The molecule has 0 aliphatic heterocycles. The van der Waals surface area contributed by atoms with Crippen LogP contribution in [0.3, 0.4) is 0 Å². The quantitative estimate of drug-likeness (QED) is 0.740. The summed E-state index contributed by atoms with van der Waals surface area (Å²) in [4.78, 5) is 3.25. The van der Waals surface area contributed by atoms with Crippen molar-refractivity contribution < 1.29 is 4.74 Å². The van der Waals surface area contributed by atoms with Crippen molar-refractivity contribution in [1.82, 2.24) is 10.3 Å². The average Bonchev–Trinajstić information content (AvgIpc) is 3.00. The molecule has 3 rings (SSSR count). The highest BCUT2D eigenvalue weighted by Crippen LogP contribution is 2.19. The summed E-state index contributed by atoms with van der Waals surface area (Å²) in [6, 6.07) is 17.1. The van der Waals surface area contributed by atoms with Crippen LogP contribution < -0.4 is 10.1 Å². The summed E-state index contributed by atoms with van der Waals surface area (Å²) in [6.45, 7) is 3.02. The van der Waals surface area contributed by atoms with Crippen molar-refractivity contribution in [2.45, 2.75) is 19.5 Å².